The van der Waals surface area contributed by atoms with Gasteiger partial charge in [-0.25, -0.2) is 0 Å². The number of aliphatic hydroxyl groups is 2. The average Bonchev–Trinajstić information content (AvgIpc) is 1.60. The Kier molecular flexibility index (Phi) is 3.11. The summed E-state index contributed by atoms with van der Waals surface area (Å²) in [6.45, 7) is 1.12. The van der Waals surface area contributed by atoms with E-state index in [9.17, 15) is 13.2 Å². The molecule has 1 atom stereocenters. The van der Waals surface area contributed by atoms with Crippen LogP contribution in [-0.2, 0) is 0 Å². The molecule has 0 radical (unpaired) electrons. The van der Waals surface area contributed by atoms with Crippen molar-refractivity contribution in [1.82, 2.24) is 0 Å². The van der Waals surface area contributed by atoms with Gasteiger partial charge in [0.05, 0.1) is 6.42 Å². The van der Waals surface area contributed by atoms with Crippen molar-refractivity contribution in [2.24, 2.45) is 5.92 Å². The van der Waals surface area contributed by atoms with E-state index in [-0.39, 0.29) is 0 Å². The second kappa shape index (κ2) is 3.21. The van der Waals surface area contributed by atoms with Crippen LogP contribution in [-0.4, -0.2) is 22.7 Å². The smallest absolute Gasteiger partial charge is 0.368 e. The van der Waals surface area contributed by atoms with Crippen molar-refractivity contribution >= 4 is 0 Å². The molecule has 0 spiro atoms. The van der Waals surface area contributed by atoms with Crippen LogP contribution in [0, 0.1) is 5.92 Å². The number of rotatable bonds is 2. The summed E-state index contributed by atoms with van der Waals surface area (Å²) in [4.78, 5) is 0. The van der Waals surface area contributed by atoms with E-state index in [1.807, 2.05) is 0 Å². The van der Waals surface area contributed by atoms with E-state index in [0.717, 1.165) is 6.92 Å². The van der Waals surface area contributed by atoms with E-state index in [4.69, 9.17) is 10.2 Å². The third kappa shape index (κ3) is 4.58. The zero-order chi connectivity index (χ0) is 8.36. The monoisotopic (exact) mass is 158 g/mol. The molecule has 0 amide bonds. The number of hydrogen-bond donors (Lipinski definition) is 2. The topological polar surface area (TPSA) is 40.5 Å². The van der Waals surface area contributed by atoms with Crippen LogP contribution >= 0.6 is 0 Å². The standard InChI is InChI=1S/C5H9F3O2/c1-3(4(9)10)2-5(6,7)8/h3-4,9-10H,2H2,1H3. The van der Waals surface area contributed by atoms with Gasteiger partial charge in [0.1, 0.15) is 0 Å². The van der Waals surface area contributed by atoms with Gasteiger partial charge in [0.25, 0.3) is 0 Å². The molecular formula is C5H9F3O2. The predicted molar refractivity (Wildman–Crippen MR) is 28.1 cm³/mol. The Hall–Kier alpha value is -0.290. The van der Waals surface area contributed by atoms with E-state index in [1.165, 1.54) is 0 Å². The van der Waals surface area contributed by atoms with Crippen molar-refractivity contribution in [1.29, 1.82) is 0 Å². The maximum absolute atomic E-state index is 11.4. The molecule has 0 aromatic rings. The van der Waals surface area contributed by atoms with Crippen LogP contribution in [0.5, 0.6) is 0 Å². The number of halogens is 3. The first-order chi connectivity index (χ1) is 4.33. The Bertz CT molecular complexity index is 99.6. The minimum atomic E-state index is -4.32. The van der Waals surface area contributed by atoms with Crippen LogP contribution in [0.15, 0.2) is 0 Å². The number of aliphatic hydroxyl groups excluding tert-OH is 1. The normalized spacial score (nSPS) is 15.9. The van der Waals surface area contributed by atoms with Gasteiger partial charge in [-0.3, -0.25) is 0 Å². The first kappa shape index (κ1) is 9.71. The van der Waals surface area contributed by atoms with Crippen molar-refractivity contribution < 1.29 is 23.4 Å². The summed E-state index contributed by atoms with van der Waals surface area (Å²) in [6.07, 6.45) is -7.37. The summed E-state index contributed by atoms with van der Waals surface area (Å²) in [5, 5.41) is 16.5. The van der Waals surface area contributed by atoms with Gasteiger partial charge >= 0.3 is 6.18 Å². The van der Waals surface area contributed by atoms with Crippen LogP contribution < -0.4 is 0 Å². The second-order valence-corrected chi connectivity index (χ2v) is 2.21. The van der Waals surface area contributed by atoms with Gasteiger partial charge in [-0.15, -0.1) is 0 Å². The maximum atomic E-state index is 11.4. The fourth-order valence-electron chi connectivity index (χ4n) is 0.470. The molecule has 0 aromatic heterocycles. The van der Waals surface area contributed by atoms with Crippen molar-refractivity contribution in [3.63, 3.8) is 0 Å². The van der Waals surface area contributed by atoms with Crippen LogP contribution in [0.3, 0.4) is 0 Å². The summed E-state index contributed by atoms with van der Waals surface area (Å²) in [6, 6.07) is 0. The molecule has 0 aliphatic rings. The molecule has 10 heavy (non-hydrogen) atoms. The molecule has 2 nitrogen and oxygen atoms in total. The molecule has 5 heteroatoms. The van der Waals surface area contributed by atoms with Gasteiger partial charge in [-0.1, -0.05) is 6.92 Å². The molecule has 0 saturated heterocycles. The predicted octanol–water partition coefficient (Wildman–Crippen LogP) is 0.886. The fraction of sp³-hybridized carbons (Fsp3) is 1.00. The van der Waals surface area contributed by atoms with Crippen molar-refractivity contribution in [3.8, 4) is 0 Å². The summed E-state index contributed by atoms with van der Waals surface area (Å²) in [5.74, 6) is -1.15. The lowest BCUT2D eigenvalue weighted by Gasteiger charge is -2.14. The second-order valence-electron chi connectivity index (χ2n) is 2.21. The van der Waals surface area contributed by atoms with Crippen molar-refractivity contribution in [3.05, 3.63) is 0 Å². The SMILES string of the molecule is CC(CC(F)(F)F)C(O)O. The van der Waals surface area contributed by atoms with Crippen LogP contribution in [0.4, 0.5) is 13.2 Å². The first-order valence-corrected chi connectivity index (χ1v) is 2.76. The number of hydrogen-bond acceptors (Lipinski definition) is 2. The van der Waals surface area contributed by atoms with Gasteiger partial charge in [0.15, 0.2) is 6.29 Å². The van der Waals surface area contributed by atoms with E-state index >= 15 is 0 Å². The molecule has 0 aromatic carbocycles. The van der Waals surface area contributed by atoms with Crippen LogP contribution in [0.1, 0.15) is 13.3 Å². The lowest BCUT2D eigenvalue weighted by molar-refractivity contribution is -0.172. The summed E-state index contributed by atoms with van der Waals surface area (Å²) >= 11 is 0. The molecule has 0 rings (SSSR count). The molecular weight excluding hydrogens is 149 g/mol. The van der Waals surface area contributed by atoms with E-state index < -0.39 is 24.8 Å². The van der Waals surface area contributed by atoms with Gasteiger partial charge in [0, 0.05) is 5.92 Å². The summed E-state index contributed by atoms with van der Waals surface area (Å²) in [5.41, 5.74) is 0. The van der Waals surface area contributed by atoms with E-state index in [1.54, 1.807) is 0 Å². The molecule has 0 heterocycles. The summed E-state index contributed by atoms with van der Waals surface area (Å²) in [7, 11) is 0. The minimum Gasteiger partial charge on any atom is -0.368 e. The van der Waals surface area contributed by atoms with Crippen LogP contribution in [0.25, 0.3) is 0 Å². The Morgan fingerprint density at radius 1 is 1.30 bits per heavy atom. The quantitative estimate of drug-likeness (QED) is 0.586. The molecule has 0 bridgehead atoms. The highest BCUT2D eigenvalue weighted by molar-refractivity contribution is 4.59. The Balaban J connectivity index is 3.68. The van der Waals surface area contributed by atoms with Gasteiger partial charge in [-0.05, 0) is 0 Å². The van der Waals surface area contributed by atoms with Gasteiger partial charge in [0.2, 0.25) is 0 Å². The maximum Gasteiger partial charge on any atom is 0.389 e. The molecule has 0 saturated carbocycles. The summed E-state index contributed by atoms with van der Waals surface area (Å²) < 4.78 is 34.3. The molecule has 62 valence electrons. The zero-order valence-corrected chi connectivity index (χ0v) is 5.39. The number of alkyl halides is 3. The highest BCUT2D eigenvalue weighted by Crippen LogP contribution is 2.25. The molecule has 2 N–H and O–H groups in total. The fourth-order valence-corrected chi connectivity index (χ4v) is 0.470. The van der Waals surface area contributed by atoms with E-state index in [0.29, 0.717) is 0 Å². The van der Waals surface area contributed by atoms with E-state index in [2.05, 4.69) is 0 Å². The van der Waals surface area contributed by atoms with Gasteiger partial charge in [-0.2, -0.15) is 13.2 Å². The average molecular weight is 158 g/mol. The minimum absolute atomic E-state index is 1.12. The Morgan fingerprint density at radius 2 is 1.70 bits per heavy atom. The zero-order valence-electron chi connectivity index (χ0n) is 5.39. The highest BCUT2D eigenvalue weighted by Gasteiger charge is 2.32. The van der Waals surface area contributed by atoms with Gasteiger partial charge < -0.3 is 10.2 Å². The largest absolute Gasteiger partial charge is 0.389 e. The molecule has 1 unspecified atom stereocenters. The lowest BCUT2D eigenvalue weighted by atomic mass is 10.1. The Morgan fingerprint density at radius 3 is 1.80 bits per heavy atom. The molecule has 0 aliphatic heterocycles. The third-order valence-corrected chi connectivity index (χ3v) is 1.06. The van der Waals surface area contributed by atoms with Crippen molar-refractivity contribution in [2.75, 3.05) is 0 Å². The van der Waals surface area contributed by atoms with Crippen LogP contribution in [0.2, 0.25) is 0 Å². The third-order valence-electron chi connectivity index (χ3n) is 1.06. The molecule has 0 fully saturated rings. The highest BCUT2D eigenvalue weighted by atomic mass is 19.4. The van der Waals surface area contributed by atoms with Crippen molar-refractivity contribution in [2.45, 2.75) is 25.8 Å². The molecule has 0 aliphatic carbocycles. The Labute approximate surface area is 56.3 Å². The lowest BCUT2D eigenvalue weighted by Crippen LogP contribution is -2.23. The first-order valence-electron chi connectivity index (χ1n) is 2.76.